The third kappa shape index (κ3) is 3.92. The fraction of sp³-hybridized carbons (Fsp3) is 0.250. The van der Waals surface area contributed by atoms with Crippen LogP contribution in [-0.4, -0.2) is 11.5 Å². The molecule has 0 radical (unpaired) electrons. The van der Waals surface area contributed by atoms with Crippen molar-refractivity contribution in [2.24, 2.45) is 0 Å². The predicted octanol–water partition coefficient (Wildman–Crippen LogP) is 4.55. The van der Waals surface area contributed by atoms with E-state index in [1.165, 1.54) is 0 Å². The molecule has 3 aromatic rings. The van der Waals surface area contributed by atoms with Crippen LogP contribution in [0.15, 0.2) is 72.2 Å². The minimum Gasteiger partial charge on any atom is -0.312 e. The van der Waals surface area contributed by atoms with E-state index in [0.717, 1.165) is 35.0 Å². The number of nitrogens with zero attached hydrogens (tertiary/aromatic N) is 1. The van der Waals surface area contributed by atoms with Crippen molar-refractivity contribution >= 4 is 29.1 Å². The van der Waals surface area contributed by atoms with Crippen LogP contribution < -0.4 is 15.9 Å². The molecule has 1 aromatic heterocycles. The summed E-state index contributed by atoms with van der Waals surface area (Å²) in [5, 5.41) is 8.11. The van der Waals surface area contributed by atoms with Gasteiger partial charge in [0.1, 0.15) is 10.8 Å². The van der Waals surface area contributed by atoms with E-state index in [4.69, 9.17) is 0 Å². The van der Waals surface area contributed by atoms with Crippen molar-refractivity contribution in [1.82, 2.24) is 10.3 Å². The molecule has 25 heavy (non-hydrogen) atoms. The minimum absolute atomic E-state index is 0.302. The second-order valence-corrected chi connectivity index (χ2v) is 9.70. The van der Waals surface area contributed by atoms with Crippen molar-refractivity contribution < 1.29 is 4.57 Å². The molecule has 130 valence electrons. The van der Waals surface area contributed by atoms with Crippen LogP contribution >= 0.6 is 18.5 Å². The van der Waals surface area contributed by atoms with Gasteiger partial charge in [0.05, 0.1) is 0 Å². The number of rotatable bonds is 8. The molecule has 1 heterocycles. The van der Waals surface area contributed by atoms with Gasteiger partial charge >= 0.3 is 0 Å². The Morgan fingerprint density at radius 1 is 1.04 bits per heavy atom. The van der Waals surface area contributed by atoms with Gasteiger partial charge in [-0.2, -0.15) is 0 Å². The van der Waals surface area contributed by atoms with Crippen LogP contribution in [0.25, 0.3) is 0 Å². The van der Waals surface area contributed by atoms with Crippen molar-refractivity contribution in [3.05, 3.63) is 77.2 Å². The molecule has 0 aliphatic rings. The first-order chi connectivity index (χ1) is 12.3. The van der Waals surface area contributed by atoms with Crippen LogP contribution in [0, 0.1) is 0 Å². The SMILES string of the molecule is CCCCNC(c1nccs1)P(=O)(c1ccccc1)c1ccccc1. The van der Waals surface area contributed by atoms with Gasteiger partial charge in [-0.1, -0.05) is 74.0 Å². The number of nitrogens with one attached hydrogen (secondary N) is 1. The number of benzene rings is 2. The molecule has 0 fully saturated rings. The molecule has 3 nitrogen and oxygen atoms in total. The van der Waals surface area contributed by atoms with E-state index in [1.807, 2.05) is 66.0 Å². The van der Waals surface area contributed by atoms with Crippen molar-refractivity contribution in [1.29, 1.82) is 0 Å². The highest BCUT2D eigenvalue weighted by Crippen LogP contribution is 2.55. The van der Waals surface area contributed by atoms with E-state index in [2.05, 4.69) is 17.2 Å². The molecule has 0 bridgehead atoms. The fourth-order valence-electron chi connectivity index (χ4n) is 2.90. The number of aromatic nitrogens is 1. The van der Waals surface area contributed by atoms with Gasteiger partial charge in [-0.15, -0.1) is 11.3 Å². The van der Waals surface area contributed by atoms with Crippen LogP contribution in [0.4, 0.5) is 0 Å². The lowest BCUT2D eigenvalue weighted by Gasteiger charge is -2.28. The van der Waals surface area contributed by atoms with E-state index in [1.54, 1.807) is 17.5 Å². The minimum atomic E-state index is -2.93. The molecule has 1 N–H and O–H groups in total. The maximum atomic E-state index is 14.5. The van der Waals surface area contributed by atoms with E-state index >= 15 is 0 Å². The van der Waals surface area contributed by atoms with Crippen molar-refractivity contribution in [3.63, 3.8) is 0 Å². The summed E-state index contributed by atoms with van der Waals surface area (Å²) in [6, 6.07) is 19.6. The summed E-state index contributed by atoms with van der Waals surface area (Å²) < 4.78 is 14.5. The Hall–Kier alpha value is -1.74. The lowest BCUT2D eigenvalue weighted by Crippen LogP contribution is -2.31. The van der Waals surface area contributed by atoms with Gasteiger partial charge in [0.2, 0.25) is 0 Å². The molecular formula is C20H23N2OPS. The van der Waals surface area contributed by atoms with E-state index in [0.29, 0.717) is 0 Å². The summed E-state index contributed by atoms with van der Waals surface area (Å²) >= 11 is 1.56. The third-order valence-electron chi connectivity index (χ3n) is 4.20. The van der Waals surface area contributed by atoms with Crippen LogP contribution in [-0.2, 0) is 4.57 Å². The monoisotopic (exact) mass is 370 g/mol. The largest absolute Gasteiger partial charge is 0.312 e. The number of hydrogen-bond donors (Lipinski definition) is 1. The quantitative estimate of drug-likeness (QED) is 0.467. The van der Waals surface area contributed by atoms with Crippen LogP contribution in [0.5, 0.6) is 0 Å². The van der Waals surface area contributed by atoms with Crippen molar-refractivity contribution in [2.75, 3.05) is 6.54 Å². The van der Waals surface area contributed by atoms with Gasteiger partial charge in [0.25, 0.3) is 0 Å². The number of thiazole rings is 1. The van der Waals surface area contributed by atoms with E-state index in [-0.39, 0.29) is 5.78 Å². The maximum Gasteiger partial charge on any atom is 0.166 e. The van der Waals surface area contributed by atoms with E-state index < -0.39 is 7.14 Å². The average Bonchev–Trinajstić information content (AvgIpc) is 3.20. The zero-order chi connectivity index (χ0) is 17.5. The third-order valence-corrected chi connectivity index (χ3v) is 8.50. The average molecular weight is 370 g/mol. The van der Waals surface area contributed by atoms with Gasteiger partial charge in [-0.05, 0) is 13.0 Å². The fourth-order valence-corrected chi connectivity index (χ4v) is 7.01. The van der Waals surface area contributed by atoms with Crippen LogP contribution in [0.1, 0.15) is 30.6 Å². The molecule has 0 amide bonds. The maximum absolute atomic E-state index is 14.5. The molecule has 2 aromatic carbocycles. The highest BCUT2D eigenvalue weighted by atomic mass is 32.1. The second-order valence-electron chi connectivity index (χ2n) is 5.91. The Bertz CT molecular complexity index is 763. The second kappa shape index (κ2) is 8.57. The van der Waals surface area contributed by atoms with Crippen molar-refractivity contribution in [2.45, 2.75) is 25.5 Å². The molecule has 0 saturated heterocycles. The standard InChI is InChI=1S/C20H23N2OPS/c1-2-3-14-21-19(20-22-15-16-25-20)24(23,17-10-6-4-7-11-17)18-12-8-5-9-13-18/h4-13,15-16,19,21H,2-3,14H2,1H3. The molecule has 0 aliphatic heterocycles. The molecule has 1 atom stereocenters. The Kier molecular flexibility index (Phi) is 6.19. The summed E-state index contributed by atoms with van der Waals surface area (Å²) in [5.41, 5.74) is 0. The molecule has 0 saturated carbocycles. The first-order valence-electron chi connectivity index (χ1n) is 8.60. The zero-order valence-corrected chi connectivity index (χ0v) is 16.0. The first kappa shape index (κ1) is 18.1. The lowest BCUT2D eigenvalue weighted by atomic mass is 10.3. The van der Waals surface area contributed by atoms with Crippen LogP contribution in [0.2, 0.25) is 0 Å². The van der Waals surface area contributed by atoms with Gasteiger partial charge in [0.15, 0.2) is 7.14 Å². The van der Waals surface area contributed by atoms with Crippen LogP contribution in [0.3, 0.4) is 0 Å². The molecular weight excluding hydrogens is 347 g/mol. The zero-order valence-electron chi connectivity index (χ0n) is 14.3. The van der Waals surface area contributed by atoms with E-state index in [9.17, 15) is 4.57 Å². The summed E-state index contributed by atoms with van der Waals surface area (Å²) in [4.78, 5) is 4.50. The Morgan fingerprint density at radius 2 is 1.64 bits per heavy atom. The highest BCUT2D eigenvalue weighted by Gasteiger charge is 2.38. The lowest BCUT2D eigenvalue weighted by molar-refractivity contribution is 0.553. The normalized spacial score (nSPS) is 12.8. The Morgan fingerprint density at radius 3 is 2.12 bits per heavy atom. The van der Waals surface area contributed by atoms with Gasteiger partial charge in [-0.3, -0.25) is 0 Å². The van der Waals surface area contributed by atoms with Gasteiger partial charge in [0, 0.05) is 22.2 Å². The van der Waals surface area contributed by atoms with Gasteiger partial charge in [-0.25, -0.2) is 4.98 Å². The van der Waals surface area contributed by atoms with Gasteiger partial charge < -0.3 is 9.88 Å². The molecule has 5 heteroatoms. The summed E-state index contributed by atoms with van der Waals surface area (Å²) in [5.74, 6) is -0.302. The summed E-state index contributed by atoms with van der Waals surface area (Å²) in [7, 11) is -2.93. The summed E-state index contributed by atoms with van der Waals surface area (Å²) in [6.45, 7) is 2.98. The Labute approximate surface area is 153 Å². The topological polar surface area (TPSA) is 42.0 Å². The highest BCUT2D eigenvalue weighted by molar-refractivity contribution is 7.79. The van der Waals surface area contributed by atoms with Crippen molar-refractivity contribution in [3.8, 4) is 0 Å². The number of hydrogen-bond acceptors (Lipinski definition) is 4. The molecule has 0 spiro atoms. The Balaban J connectivity index is 2.12. The molecule has 1 unspecified atom stereocenters. The molecule has 0 aliphatic carbocycles. The first-order valence-corrected chi connectivity index (χ1v) is 11.3. The number of unbranched alkanes of at least 4 members (excludes halogenated alkanes) is 1. The molecule has 3 rings (SSSR count). The predicted molar refractivity (Wildman–Crippen MR) is 108 cm³/mol. The smallest absolute Gasteiger partial charge is 0.166 e. The summed E-state index contributed by atoms with van der Waals surface area (Å²) in [6.07, 6.45) is 3.93.